The summed E-state index contributed by atoms with van der Waals surface area (Å²) in [7, 11) is 0. The fourth-order valence-corrected chi connectivity index (χ4v) is 3.69. The van der Waals surface area contributed by atoms with Crippen molar-refractivity contribution in [2.24, 2.45) is 0 Å². The van der Waals surface area contributed by atoms with E-state index in [0.29, 0.717) is 19.0 Å². The third-order valence-electron chi connectivity index (χ3n) is 4.44. The monoisotopic (exact) mass is 332 g/mol. The standard InChI is InChI=1S/C17H24N4OS/c1-2-21-12-15(10-19-21)14-5-7-20(8-6-14)13-17(22)18-11-16-4-3-9-23-16/h3-4,9-10,12,14H,2,5-8,11,13H2,1H3,(H,18,22). The molecule has 3 heterocycles. The number of carbonyl (C=O) groups excluding carboxylic acids is 1. The second-order valence-electron chi connectivity index (χ2n) is 6.04. The van der Waals surface area contributed by atoms with Crippen LogP contribution < -0.4 is 5.32 Å². The highest BCUT2D eigenvalue weighted by atomic mass is 32.1. The van der Waals surface area contributed by atoms with Crippen molar-refractivity contribution in [2.45, 2.75) is 38.8 Å². The lowest BCUT2D eigenvalue weighted by Gasteiger charge is -2.30. The van der Waals surface area contributed by atoms with Crippen LogP contribution in [0.4, 0.5) is 0 Å². The lowest BCUT2D eigenvalue weighted by molar-refractivity contribution is -0.122. The first kappa shape index (κ1) is 16.2. The molecule has 5 nitrogen and oxygen atoms in total. The van der Waals surface area contributed by atoms with Crippen molar-refractivity contribution in [3.63, 3.8) is 0 Å². The third kappa shape index (κ3) is 4.42. The predicted octanol–water partition coefficient (Wildman–Crippen LogP) is 2.46. The highest BCUT2D eigenvalue weighted by Crippen LogP contribution is 2.27. The van der Waals surface area contributed by atoms with Crippen LogP contribution in [0, 0.1) is 0 Å². The molecule has 1 saturated heterocycles. The molecule has 1 amide bonds. The van der Waals surface area contributed by atoms with Crippen LogP contribution in [0.25, 0.3) is 0 Å². The molecule has 23 heavy (non-hydrogen) atoms. The summed E-state index contributed by atoms with van der Waals surface area (Å²) in [6.07, 6.45) is 6.37. The van der Waals surface area contributed by atoms with Crippen molar-refractivity contribution >= 4 is 17.2 Å². The molecular weight excluding hydrogens is 308 g/mol. The summed E-state index contributed by atoms with van der Waals surface area (Å²) in [5.74, 6) is 0.705. The maximum atomic E-state index is 12.0. The minimum atomic E-state index is 0.121. The van der Waals surface area contributed by atoms with Crippen molar-refractivity contribution in [2.75, 3.05) is 19.6 Å². The summed E-state index contributed by atoms with van der Waals surface area (Å²) < 4.78 is 1.99. The van der Waals surface area contributed by atoms with Crippen molar-refractivity contribution in [3.05, 3.63) is 40.3 Å². The van der Waals surface area contributed by atoms with E-state index in [4.69, 9.17) is 0 Å². The van der Waals surface area contributed by atoms with Crippen molar-refractivity contribution in [1.82, 2.24) is 20.0 Å². The number of rotatable bonds is 6. The quantitative estimate of drug-likeness (QED) is 0.884. The minimum Gasteiger partial charge on any atom is -0.350 e. The summed E-state index contributed by atoms with van der Waals surface area (Å²) in [6, 6.07) is 4.06. The second kappa shape index (κ2) is 7.75. The highest BCUT2D eigenvalue weighted by Gasteiger charge is 2.22. The first-order valence-corrected chi connectivity index (χ1v) is 9.16. The molecule has 3 rings (SSSR count). The molecule has 6 heteroatoms. The molecule has 2 aromatic heterocycles. The van der Waals surface area contributed by atoms with E-state index in [2.05, 4.69) is 28.4 Å². The molecule has 0 spiro atoms. The molecule has 0 aliphatic carbocycles. The average molecular weight is 332 g/mol. The van der Waals surface area contributed by atoms with Gasteiger partial charge in [0.1, 0.15) is 0 Å². The smallest absolute Gasteiger partial charge is 0.234 e. The number of aryl methyl sites for hydroxylation is 1. The third-order valence-corrected chi connectivity index (χ3v) is 5.32. The molecule has 0 bridgehead atoms. The second-order valence-corrected chi connectivity index (χ2v) is 7.07. The SMILES string of the molecule is CCn1cc(C2CCN(CC(=O)NCc3cccs3)CC2)cn1. The zero-order valence-corrected chi connectivity index (χ0v) is 14.4. The Labute approximate surface area is 141 Å². The van der Waals surface area contributed by atoms with Gasteiger partial charge in [-0.15, -0.1) is 11.3 Å². The van der Waals surface area contributed by atoms with Gasteiger partial charge in [0.2, 0.25) is 5.91 Å². The normalized spacial score (nSPS) is 16.6. The van der Waals surface area contributed by atoms with Gasteiger partial charge in [0, 0.05) is 17.6 Å². The van der Waals surface area contributed by atoms with E-state index in [0.717, 1.165) is 32.5 Å². The summed E-state index contributed by atoms with van der Waals surface area (Å²) >= 11 is 1.68. The van der Waals surface area contributed by atoms with Crippen molar-refractivity contribution < 1.29 is 4.79 Å². The van der Waals surface area contributed by atoms with Gasteiger partial charge in [-0.1, -0.05) is 6.07 Å². The largest absolute Gasteiger partial charge is 0.350 e. The fraction of sp³-hybridized carbons (Fsp3) is 0.529. The van der Waals surface area contributed by atoms with Crippen LogP contribution in [0.5, 0.6) is 0 Å². The Kier molecular flexibility index (Phi) is 5.46. The van der Waals surface area contributed by atoms with Gasteiger partial charge < -0.3 is 5.32 Å². The van der Waals surface area contributed by atoms with Gasteiger partial charge in [0.05, 0.1) is 19.3 Å². The fourth-order valence-electron chi connectivity index (χ4n) is 3.05. The minimum absolute atomic E-state index is 0.121. The Balaban J connectivity index is 1.41. The molecular formula is C17H24N4OS. The Hall–Kier alpha value is -1.66. The molecule has 1 aliphatic heterocycles. The number of aromatic nitrogens is 2. The van der Waals surface area contributed by atoms with Crippen LogP contribution in [0.1, 0.15) is 36.1 Å². The number of hydrogen-bond acceptors (Lipinski definition) is 4. The van der Waals surface area contributed by atoms with Gasteiger partial charge >= 0.3 is 0 Å². The van der Waals surface area contributed by atoms with E-state index in [1.807, 2.05) is 28.4 Å². The molecule has 1 N–H and O–H groups in total. The van der Waals surface area contributed by atoms with Gasteiger partial charge in [-0.3, -0.25) is 14.4 Å². The summed E-state index contributed by atoms with van der Waals surface area (Å²) in [6.45, 7) is 6.13. The van der Waals surface area contributed by atoms with E-state index < -0.39 is 0 Å². The van der Waals surface area contributed by atoms with Gasteiger partial charge in [0.15, 0.2) is 0 Å². The lowest BCUT2D eigenvalue weighted by atomic mass is 9.91. The Bertz CT molecular complexity index is 614. The molecule has 0 radical (unpaired) electrons. The first-order valence-electron chi connectivity index (χ1n) is 8.28. The zero-order chi connectivity index (χ0) is 16.1. The van der Waals surface area contributed by atoms with Crippen molar-refractivity contribution in [3.8, 4) is 0 Å². The van der Waals surface area contributed by atoms with Crippen LogP contribution in [-0.2, 0) is 17.9 Å². The topological polar surface area (TPSA) is 50.2 Å². The number of hydrogen-bond donors (Lipinski definition) is 1. The van der Waals surface area contributed by atoms with Crippen LogP contribution in [0.3, 0.4) is 0 Å². The number of thiophene rings is 1. The Morgan fingerprint density at radius 1 is 1.43 bits per heavy atom. The Morgan fingerprint density at radius 2 is 2.26 bits per heavy atom. The van der Waals surface area contributed by atoms with Crippen LogP contribution in [0.2, 0.25) is 0 Å². The molecule has 2 aromatic rings. The number of nitrogens with one attached hydrogen (secondary N) is 1. The number of nitrogens with zero attached hydrogens (tertiary/aromatic N) is 3. The molecule has 1 fully saturated rings. The first-order chi connectivity index (χ1) is 11.2. The molecule has 0 atom stereocenters. The van der Waals surface area contributed by atoms with Crippen molar-refractivity contribution in [1.29, 1.82) is 0 Å². The maximum absolute atomic E-state index is 12.0. The zero-order valence-electron chi connectivity index (χ0n) is 13.6. The number of carbonyl (C=O) groups is 1. The highest BCUT2D eigenvalue weighted by molar-refractivity contribution is 7.09. The molecule has 0 saturated carbocycles. The van der Waals surface area contributed by atoms with E-state index in [1.54, 1.807) is 11.3 Å². The predicted molar refractivity (Wildman–Crippen MR) is 92.5 cm³/mol. The van der Waals surface area contributed by atoms with Gasteiger partial charge in [0.25, 0.3) is 0 Å². The number of amides is 1. The van der Waals surface area contributed by atoms with E-state index >= 15 is 0 Å². The average Bonchev–Trinajstić information content (AvgIpc) is 3.25. The maximum Gasteiger partial charge on any atom is 0.234 e. The van der Waals surface area contributed by atoms with Crippen LogP contribution in [0.15, 0.2) is 29.9 Å². The molecule has 1 aliphatic rings. The summed E-state index contributed by atoms with van der Waals surface area (Å²) in [5.41, 5.74) is 1.34. The summed E-state index contributed by atoms with van der Waals surface area (Å²) in [5, 5.41) is 9.40. The lowest BCUT2D eigenvalue weighted by Crippen LogP contribution is -2.40. The summed E-state index contributed by atoms with van der Waals surface area (Å²) in [4.78, 5) is 15.5. The number of likely N-dealkylation sites (tertiary alicyclic amines) is 1. The van der Waals surface area contributed by atoms with Crippen LogP contribution in [-0.4, -0.2) is 40.2 Å². The molecule has 124 valence electrons. The van der Waals surface area contributed by atoms with E-state index in [-0.39, 0.29) is 5.91 Å². The van der Waals surface area contributed by atoms with E-state index in [1.165, 1.54) is 10.4 Å². The van der Waals surface area contributed by atoms with Gasteiger partial charge in [-0.05, 0) is 55.8 Å². The molecule has 0 aromatic carbocycles. The number of piperidine rings is 1. The van der Waals surface area contributed by atoms with Crippen LogP contribution >= 0.6 is 11.3 Å². The van der Waals surface area contributed by atoms with Gasteiger partial charge in [-0.2, -0.15) is 5.10 Å². The molecule has 0 unspecified atom stereocenters. The Morgan fingerprint density at radius 3 is 2.91 bits per heavy atom. The van der Waals surface area contributed by atoms with E-state index in [9.17, 15) is 4.79 Å². The van der Waals surface area contributed by atoms with Gasteiger partial charge in [-0.25, -0.2) is 0 Å².